The molecular formula is C16H14N4O4. The van der Waals surface area contributed by atoms with Crippen molar-refractivity contribution in [2.24, 2.45) is 0 Å². The highest BCUT2D eigenvalue weighted by Gasteiger charge is 2.22. The summed E-state index contributed by atoms with van der Waals surface area (Å²) in [5.41, 5.74) is 6.18. The molecule has 4 N–H and O–H groups in total. The van der Waals surface area contributed by atoms with Crippen molar-refractivity contribution in [1.29, 1.82) is 0 Å². The van der Waals surface area contributed by atoms with Crippen LogP contribution in [0.5, 0.6) is 0 Å². The van der Waals surface area contributed by atoms with Crippen LogP contribution in [0.3, 0.4) is 0 Å². The molecule has 0 aliphatic rings. The molecule has 122 valence electrons. The van der Waals surface area contributed by atoms with Crippen LogP contribution in [-0.2, 0) is 0 Å². The zero-order valence-corrected chi connectivity index (χ0v) is 12.4. The number of anilines is 1. The quantitative estimate of drug-likeness (QED) is 0.497. The van der Waals surface area contributed by atoms with E-state index in [9.17, 15) is 20.0 Å². The molecule has 2 aromatic carbocycles. The van der Waals surface area contributed by atoms with Gasteiger partial charge >= 0.3 is 0 Å². The van der Waals surface area contributed by atoms with Crippen LogP contribution < -0.4 is 11.3 Å². The zero-order valence-electron chi connectivity index (χ0n) is 12.4. The molecule has 0 aliphatic carbocycles. The Morgan fingerprint density at radius 3 is 2.33 bits per heavy atom. The number of rotatable bonds is 4. The number of para-hydroxylation sites is 1. The molecule has 1 unspecified atom stereocenters. The van der Waals surface area contributed by atoms with Gasteiger partial charge in [-0.3, -0.25) is 20.0 Å². The van der Waals surface area contributed by atoms with Crippen LogP contribution in [0.1, 0.15) is 17.2 Å². The van der Waals surface area contributed by atoms with Crippen LogP contribution >= 0.6 is 0 Å². The van der Waals surface area contributed by atoms with Gasteiger partial charge in [-0.2, -0.15) is 0 Å². The fourth-order valence-corrected chi connectivity index (χ4v) is 2.44. The highest BCUT2D eigenvalue weighted by molar-refractivity contribution is 5.47. The zero-order chi connectivity index (χ0) is 17.3. The average molecular weight is 326 g/mol. The number of nitrogens with zero attached hydrogens (tertiary/aromatic N) is 2. The van der Waals surface area contributed by atoms with Gasteiger partial charge < -0.3 is 10.8 Å². The Morgan fingerprint density at radius 1 is 1.12 bits per heavy atom. The van der Waals surface area contributed by atoms with Crippen molar-refractivity contribution < 1.29 is 10.0 Å². The number of nitrogens with one attached hydrogen (secondary N) is 1. The molecule has 8 nitrogen and oxygen atoms in total. The highest BCUT2D eigenvalue weighted by atomic mass is 16.6. The van der Waals surface area contributed by atoms with Crippen molar-refractivity contribution in [2.75, 3.05) is 5.73 Å². The Bertz CT molecular complexity index is 929. The first-order valence-corrected chi connectivity index (χ1v) is 7.07. The van der Waals surface area contributed by atoms with E-state index in [4.69, 9.17) is 5.73 Å². The van der Waals surface area contributed by atoms with E-state index in [1.54, 1.807) is 24.3 Å². The molecule has 0 fully saturated rings. The summed E-state index contributed by atoms with van der Waals surface area (Å²) in [7, 11) is 0. The molecule has 1 heterocycles. The van der Waals surface area contributed by atoms with Crippen molar-refractivity contribution in [3.63, 3.8) is 0 Å². The van der Waals surface area contributed by atoms with Gasteiger partial charge in [-0.15, -0.1) is 0 Å². The summed E-state index contributed by atoms with van der Waals surface area (Å²) < 4.78 is 1.24. The number of non-ortho nitro benzene ring substituents is 1. The number of aromatic nitrogens is 2. The minimum absolute atomic E-state index is 0.00675. The van der Waals surface area contributed by atoms with Crippen molar-refractivity contribution >= 4 is 11.5 Å². The molecule has 0 spiro atoms. The van der Waals surface area contributed by atoms with Gasteiger partial charge in [0.05, 0.1) is 16.2 Å². The van der Waals surface area contributed by atoms with Gasteiger partial charge in [0.2, 0.25) is 0 Å². The number of H-pyrrole nitrogens is 1. The number of nitro groups is 1. The Kier molecular flexibility index (Phi) is 3.88. The van der Waals surface area contributed by atoms with Crippen molar-refractivity contribution in [3.8, 4) is 5.69 Å². The largest absolute Gasteiger partial charge is 0.384 e. The first kappa shape index (κ1) is 15.5. The Hall–Kier alpha value is -3.39. The summed E-state index contributed by atoms with van der Waals surface area (Å²) in [6, 6.07) is 14.1. The summed E-state index contributed by atoms with van der Waals surface area (Å²) in [5.74, 6) is 0.0368. The lowest BCUT2D eigenvalue weighted by Gasteiger charge is -2.08. The lowest BCUT2D eigenvalue weighted by atomic mass is 10.0. The van der Waals surface area contributed by atoms with E-state index in [-0.39, 0.29) is 17.1 Å². The number of aliphatic hydroxyl groups excluding tert-OH is 1. The fraction of sp³-hybridized carbons (Fsp3) is 0.0625. The number of aromatic amines is 1. The van der Waals surface area contributed by atoms with E-state index < -0.39 is 16.6 Å². The molecule has 0 saturated heterocycles. The third-order valence-electron chi connectivity index (χ3n) is 3.66. The predicted octanol–water partition coefficient (Wildman–Crippen LogP) is 1.74. The van der Waals surface area contributed by atoms with Crippen LogP contribution in [0.4, 0.5) is 11.5 Å². The summed E-state index contributed by atoms with van der Waals surface area (Å²) in [5, 5.41) is 23.9. The van der Waals surface area contributed by atoms with Gasteiger partial charge in [0.15, 0.2) is 0 Å². The lowest BCUT2D eigenvalue weighted by Crippen LogP contribution is -2.20. The van der Waals surface area contributed by atoms with Crippen LogP contribution in [0.2, 0.25) is 0 Å². The molecule has 0 bridgehead atoms. The van der Waals surface area contributed by atoms with Crippen LogP contribution in [-0.4, -0.2) is 19.8 Å². The molecule has 1 aromatic heterocycles. The van der Waals surface area contributed by atoms with Gasteiger partial charge in [-0.1, -0.05) is 18.2 Å². The Balaban J connectivity index is 2.02. The highest BCUT2D eigenvalue weighted by Crippen LogP contribution is 2.25. The average Bonchev–Trinajstić information content (AvgIpc) is 2.89. The number of aliphatic hydroxyl groups is 1. The number of hydrogen-bond acceptors (Lipinski definition) is 5. The lowest BCUT2D eigenvalue weighted by molar-refractivity contribution is -0.384. The summed E-state index contributed by atoms with van der Waals surface area (Å²) in [6.07, 6.45) is -1.29. The topological polar surface area (TPSA) is 127 Å². The monoisotopic (exact) mass is 326 g/mol. The predicted molar refractivity (Wildman–Crippen MR) is 88.0 cm³/mol. The second kappa shape index (κ2) is 6.01. The number of hydrogen-bond donors (Lipinski definition) is 3. The molecule has 3 rings (SSSR count). The van der Waals surface area contributed by atoms with Crippen molar-refractivity contribution in [1.82, 2.24) is 9.78 Å². The van der Waals surface area contributed by atoms with Crippen LogP contribution in [0, 0.1) is 10.1 Å². The number of nitrogens with two attached hydrogens (primary N) is 1. The first-order chi connectivity index (χ1) is 11.5. The maximum atomic E-state index is 12.6. The van der Waals surface area contributed by atoms with E-state index >= 15 is 0 Å². The second-order valence-electron chi connectivity index (χ2n) is 5.17. The molecular weight excluding hydrogens is 312 g/mol. The Morgan fingerprint density at radius 2 is 1.75 bits per heavy atom. The molecule has 24 heavy (non-hydrogen) atoms. The fourth-order valence-electron chi connectivity index (χ4n) is 2.44. The van der Waals surface area contributed by atoms with Gasteiger partial charge in [0.1, 0.15) is 11.9 Å². The Labute approximate surface area is 135 Å². The third kappa shape index (κ3) is 2.66. The van der Waals surface area contributed by atoms with E-state index in [0.29, 0.717) is 11.3 Å². The summed E-state index contributed by atoms with van der Waals surface area (Å²) >= 11 is 0. The standard InChI is InChI=1S/C16H14N4O4/c17-15-13(14(21)10-6-8-12(9-7-10)20(23)24)16(22)19(18-15)11-4-2-1-3-5-11/h1-9,14,18,21H,17H2. The summed E-state index contributed by atoms with van der Waals surface area (Å²) in [4.78, 5) is 22.7. The molecule has 0 radical (unpaired) electrons. The van der Waals surface area contributed by atoms with Crippen LogP contribution in [0.15, 0.2) is 59.4 Å². The maximum absolute atomic E-state index is 12.6. The molecule has 1 atom stereocenters. The number of benzene rings is 2. The van der Waals surface area contributed by atoms with Gasteiger partial charge in [-0.05, 0) is 29.8 Å². The van der Waals surface area contributed by atoms with E-state index in [1.807, 2.05) is 6.07 Å². The smallest absolute Gasteiger partial charge is 0.279 e. The SMILES string of the molecule is Nc1[nH]n(-c2ccccc2)c(=O)c1C(O)c1ccc([N+](=O)[O-])cc1. The normalized spacial score (nSPS) is 12.0. The minimum atomic E-state index is -1.29. The van der Waals surface area contributed by atoms with E-state index in [0.717, 1.165) is 0 Å². The van der Waals surface area contributed by atoms with E-state index in [2.05, 4.69) is 5.10 Å². The van der Waals surface area contributed by atoms with Crippen molar-refractivity contribution in [3.05, 3.63) is 86.2 Å². The molecule has 0 saturated carbocycles. The van der Waals surface area contributed by atoms with Crippen molar-refractivity contribution in [2.45, 2.75) is 6.10 Å². The van der Waals surface area contributed by atoms with Gasteiger partial charge in [0.25, 0.3) is 11.2 Å². The molecule has 8 heteroatoms. The third-order valence-corrected chi connectivity index (χ3v) is 3.66. The van der Waals surface area contributed by atoms with E-state index in [1.165, 1.54) is 28.9 Å². The maximum Gasteiger partial charge on any atom is 0.279 e. The van der Waals surface area contributed by atoms with Gasteiger partial charge in [-0.25, -0.2) is 4.68 Å². The molecule has 0 amide bonds. The van der Waals surface area contributed by atoms with Gasteiger partial charge in [0, 0.05) is 12.1 Å². The number of nitro benzene ring substituents is 1. The number of nitrogen functional groups attached to an aromatic ring is 1. The van der Waals surface area contributed by atoms with Crippen LogP contribution in [0.25, 0.3) is 5.69 Å². The second-order valence-corrected chi connectivity index (χ2v) is 5.17. The minimum Gasteiger partial charge on any atom is -0.384 e. The molecule has 0 aliphatic heterocycles. The first-order valence-electron chi connectivity index (χ1n) is 7.07. The molecule has 3 aromatic rings. The summed E-state index contributed by atoms with van der Waals surface area (Å²) in [6.45, 7) is 0.